The van der Waals surface area contributed by atoms with Crippen molar-refractivity contribution < 1.29 is 14.9 Å². The molecular formula is C12H18O3. The van der Waals surface area contributed by atoms with Gasteiger partial charge in [0.25, 0.3) is 0 Å². The van der Waals surface area contributed by atoms with E-state index in [-0.39, 0.29) is 6.10 Å². The normalized spacial score (nSPS) is 16.9. The Bertz CT molecular complexity index is 307. The lowest BCUT2D eigenvalue weighted by Gasteiger charge is -2.20. The van der Waals surface area contributed by atoms with Crippen LogP contribution in [0.5, 0.6) is 5.75 Å². The molecule has 3 atom stereocenters. The summed E-state index contributed by atoms with van der Waals surface area (Å²) >= 11 is 0. The Morgan fingerprint density at radius 1 is 1.07 bits per heavy atom. The third-order valence-corrected chi connectivity index (χ3v) is 2.36. The molecule has 0 aliphatic heterocycles. The number of aliphatic hydroxyl groups is 2. The Labute approximate surface area is 90.3 Å². The Kier molecular flexibility index (Phi) is 4.12. The average Bonchev–Trinajstić information content (AvgIpc) is 2.18. The van der Waals surface area contributed by atoms with Crippen LogP contribution in [0.1, 0.15) is 32.4 Å². The molecule has 0 radical (unpaired) electrons. The van der Waals surface area contributed by atoms with Crippen molar-refractivity contribution in [3.8, 4) is 5.75 Å². The van der Waals surface area contributed by atoms with Crippen LogP contribution in [-0.4, -0.2) is 22.4 Å². The first-order valence-corrected chi connectivity index (χ1v) is 5.14. The zero-order valence-corrected chi connectivity index (χ0v) is 9.34. The third-order valence-electron chi connectivity index (χ3n) is 2.36. The van der Waals surface area contributed by atoms with Gasteiger partial charge in [0.2, 0.25) is 0 Å². The van der Waals surface area contributed by atoms with Crippen molar-refractivity contribution in [2.24, 2.45) is 0 Å². The maximum absolute atomic E-state index is 9.51. The van der Waals surface area contributed by atoms with E-state index < -0.39 is 12.2 Å². The summed E-state index contributed by atoms with van der Waals surface area (Å²) in [7, 11) is 0. The number of ether oxygens (including phenoxy) is 1. The van der Waals surface area contributed by atoms with Crippen molar-refractivity contribution in [1.82, 2.24) is 0 Å². The van der Waals surface area contributed by atoms with Gasteiger partial charge in [-0.3, -0.25) is 0 Å². The summed E-state index contributed by atoms with van der Waals surface area (Å²) in [5, 5.41) is 18.8. The second kappa shape index (κ2) is 5.14. The Morgan fingerprint density at radius 2 is 1.67 bits per heavy atom. The quantitative estimate of drug-likeness (QED) is 0.797. The van der Waals surface area contributed by atoms with Crippen LogP contribution in [0.2, 0.25) is 0 Å². The minimum atomic E-state index is -0.567. The van der Waals surface area contributed by atoms with E-state index in [4.69, 9.17) is 4.74 Å². The molecular weight excluding hydrogens is 192 g/mol. The van der Waals surface area contributed by atoms with E-state index in [1.54, 1.807) is 26.8 Å². The second-order valence-electron chi connectivity index (χ2n) is 3.78. The first-order valence-electron chi connectivity index (χ1n) is 5.14. The second-order valence-corrected chi connectivity index (χ2v) is 3.78. The number of hydrogen-bond donors (Lipinski definition) is 2. The molecule has 2 unspecified atom stereocenters. The molecule has 3 heteroatoms. The van der Waals surface area contributed by atoms with Gasteiger partial charge in [0.15, 0.2) is 0 Å². The molecule has 0 aliphatic rings. The molecule has 1 aromatic carbocycles. The minimum absolute atomic E-state index is 0.287. The standard InChI is InChI=1S/C12H18O3/c1-8(13)10(3)15-12-7-5-4-6-11(12)9(2)14/h4-10,13-14H,1-3H3/t8?,9-,10?/m0/s1. The topological polar surface area (TPSA) is 49.7 Å². The van der Waals surface area contributed by atoms with Crippen molar-refractivity contribution in [2.75, 3.05) is 0 Å². The molecule has 3 nitrogen and oxygen atoms in total. The highest BCUT2D eigenvalue weighted by Crippen LogP contribution is 2.25. The maximum atomic E-state index is 9.51. The Hall–Kier alpha value is -1.06. The molecule has 1 aromatic rings. The molecule has 0 fully saturated rings. The molecule has 0 aromatic heterocycles. The number of benzene rings is 1. The Morgan fingerprint density at radius 3 is 2.20 bits per heavy atom. The van der Waals surface area contributed by atoms with Gasteiger partial charge in [0.1, 0.15) is 11.9 Å². The molecule has 0 bridgehead atoms. The average molecular weight is 210 g/mol. The molecule has 0 aliphatic carbocycles. The van der Waals surface area contributed by atoms with Crippen LogP contribution < -0.4 is 4.74 Å². The molecule has 15 heavy (non-hydrogen) atoms. The fourth-order valence-corrected chi connectivity index (χ4v) is 1.23. The van der Waals surface area contributed by atoms with E-state index in [0.29, 0.717) is 5.75 Å². The van der Waals surface area contributed by atoms with Gasteiger partial charge < -0.3 is 14.9 Å². The van der Waals surface area contributed by atoms with Gasteiger partial charge in [-0.25, -0.2) is 0 Å². The van der Waals surface area contributed by atoms with Gasteiger partial charge in [-0.15, -0.1) is 0 Å². The lowest BCUT2D eigenvalue weighted by Crippen LogP contribution is -2.26. The Balaban J connectivity index is 2.84. The first-order chi connectivity index (χ1) is 7.02. The SMILES string of the molecule is CC(O)C(C)Oc1ccccc1[C@H](C)O. The maximum Gasteiger partial charge on any atom is 0.125 e. The van der Waals surface area contributed by atoms with E-state index in [1.165, 1.54) is 0 Å². The van der Waals surface area contributed by atoms with Gasteiger partial charge in [0.05, 0.1) is 12.2 Å². The molecule has 2 N–H and O–H groups in total. The zero-order chi connectivity index (χ0) is 11.4. The summed E-state index contributed by atoms with van der Waals surface area (Å²) in [4.78, 5) is 0. The van der Waals surface area contributed by atoms with Crippen molar-refractivity contribution in [3.05, 3.63) is 29.8 Å². The smallest absolute Gasteiger partial charge is 0.125 e. The summed E-state index contributed by atoms with van der Waals surface area (Å²) < 4.78 is 5.56. The van der Waals surface area contributed by atoms with E-state index in [9.17, 15) is 10.2 Å². The van der Waals surface area contributed by atoms with Crippen LogP contribution in [-0.2, 0) is 0 Å². The predicted molar refractivity (Wildman–Crippen MR) is 58.8 cm³/mol. The van der Waals surface area contributed by atoms with Gasteiger partial charge in [-0.2, -0.15) is 0 Å². The molecule has 1 rings (SSSR count). The van der Waals surface area contributed by atoms with E-state index in [1.807, 2.05) is 18.2 Å². The largest absolute Gasteiger partial charge is 0.488 e. The molecule has 0 saturated heterocycles. The van der Waals surface area contributed by atoms with Crippen molar-refractivity contribution in [3.63, 3.8) is 0 Å². The highest BCUT2D eigenvalue weighted by molar-refractivity contribution is 5.34. The summed E-state index contributed by atoms with van der Waals surface area (Å²) in [6.45, 7) is 5.16. The fourth-order valence-electron chi connectivity index (χ4n) is 1.23. The number of rotatable bonds is 4. The molecule has 0 heterocycles. The van der Waals surface area contributed by atoms with Gasteiger partial charge in [0, 0.05) is 5.56 Å². The van der Waals surface area contributed by atoms with E-state index in [0.717, 1.165) is 5.56 Å². The fraction of sp³-hybridized carbons (Fsp3) is 0.500. The summed E-state index contributed by atoms with van der Waals surface area (Å²) in [6, 6.07) is 7.30. The predicted octanol–water partition coefficient (Wildman–Crippen LogP) is 1.89. The van der Waals surface area contributed by atoms with Gasteiger partial charge >= 0.3 is 0 Å². The lowest BCUT2D eigenvalue weighted by molar-refractivity contribution is 0.0577. The third kappa shape index (κ3) is 3.22. The number of aliphatic hydroxyl groups excluding tert-OH is 2. The highest BCUT2D eigenvalue weighted by atomic mass is 16.5. The number of hydrogen-bond acceptors (Lipinski definition) is 3. The first kappa shape index (κ1) is 12.0. The minimum Gasteiger partial charge on any atom is -0.488 e. The number of para-hydroxylation sites is 1. The molecule has 0 amide bonds. The van der Waals surface area contributed by atoms with E-state index in [2.05, 4.69) is 0 Å². The summed E-state index contributed by atoms with van der Waals surface area (Å²) in [5.41, 5.74) is 0.741. The molecule has 0 spiro atoms. The van der Waals surface area contributed by atoms with Crippen molar-refractivity contribution >= 4 is 0 Å². The van der Waals surface area contributed by atoms with Crippen molar-refractivity contribution in [1.29, 1.82) is 0 Å². The van der Waals surface area contributed by atoms with E-state index >= 15 is 0 Å². The van der Waals surface area contributed by atoms with Crippen LogP contribution >= 0.6 is 0 Å². The van der Waals surface area contributed by atoms with Crippen molar-refractivity contribution in [2.45, 2.75) is 39.1 Å². The lowest BCUT2D eigenvalue weighted by atomic mass is 10.1. The monoisotopic (exact) mass is 210 g/mol. The zero-order valence-electron chi connectivity index (χ0n) is 9.34. The van der Waals surface area contributed by atoms with Crippen LogP contribution in [0.25, 0.3) is 0 Å². The summed E-state index contributed by atoms with van der Waals surface area (Å²) in [6.07, 6.45) is -1.39. The van der Waals surface area contributed by atoms with Crippen LogP contribution in [0, 0.1) is 0 Å². The highest BCUT2D eigenvalue weighted by Gasteiger charge is 2.14. The van der Waals surface area contributed by atoms with Gasteiger partial charge in [-0.05, 0) is 26.8 Å². The van der Waals surface area contributed by atoms with Crippen LogP contribution in [0.3, 0.4) is 0 Å². The van der Waals surface area contributed by atoms with Gasteiger partial charge in [-0.1, -0.05) is 18.2 Å². The molecule has 0 saturated carbocycles. The van der Waals surface area contributed by atoms with Crippen LogP contribution in [0.4, 0.5) is 0 Å². The molecule has 84 valence electrons. The van der Waals surface area contributed by atoms with Crippen LogP contribution in [0.15, 0.2) is 24.3 Å². The summed E-state index contributed by atoms with van der Waals surface area (Å²) in [5.74, 6) is 0.626.